The molecule has 0 fully saturated rings. The number of aryl methyl sites for hydroxylation is 1. The van der Waals surface area contributed by atoms with Crippen molar-refractivity contribution in [1.82, 2.24) is 5.32 Å². The minimum absolute atomic E-state index is 0.0838. The van der Waals surface area contributed by atoms with E-state index in [1.807, 2.05) is 30.3 Å². The summed E-state index contributed by atoms with van der Waals surface area (Å²) in [5.41, 5.74) is 9.76. The van der Waals surface area contributed by atoms with Crippen molar-refractivity contribution in [3.8, 4) is 0 Å². The standard InChI is InChI=1S/C18H20N2O/c1-14-3-2-4-16(13-14)11-12-20-18(21)10-7-15-5-8-17(19)9-6-15/h2-10,13H,11-12,19H2,1H3,(H,20,21)/b10-7+. The lowest BCUT2D eigenvalue weighted by Crippen LogP contribution is -2.23. The van der Waals surface area contributed by atoms with E-state index < -0.39 is 0 Å². The van der Waals surface area contributed by atoms with E-state index in [1.54, 1.807) is 12.2 Å². The molecule has 2 rings (SSSR count). The van der Waals surface area contributed by atoms with Gasteiger partial charge >= 0.3 is 0 Å². The molecule has 3 nitrogen and oxygen atoms in total. The highest BCUT2D eigenvalue weighted by Gasteiger charge is 1.97. The van der Waals surface area contributed by atoms with Gasteiger partial charge < -0.3 is 11.1 Å². The van der Waals surface area contributed by atoms with Crippen molar-refractivity contribution in [3.63, 3.8) is 0 Å². The summed E-state index contributed by atoms with van der Waals surface area (Å²) in [6, 6.07) is 15.7. The van der Waals surface area contributed by atoms with Crippen LogP contribution in [0, 0.1) is 6.92 Å². The molecule has 0 unspecified atom stereocenters. The molecule has 0 aliphatic carbocycles. The van der Waals surface area contributed by atoms with Crippen LogP contribution < -0.4 is 11.1 Å². The molecule has 0 saturated carbocycles. The average molecular weight is 280 g/mol. The fraction of sp³-hybridized carbons (Fsp3) is 0.167. The Morgan fingerprint density at radius 3 is 2.67 bits per heavy atom. The molecule has 21 heavy (non-hydrogen) atoms. The van der Waals surface area contributed by atoms with E-state index >= 15 is 0 Å². The summed E-state index contributed by atoms with van der Waals surface area (Å²) >= 11 is 0. The van der Waals surface area contributed by atoms with Crippen LogP contribution in [0.2, 0.25) is 0 Å². The molecule has 0 aromatic heterocycles. The highest BCUT2D eigenvalue weighted by molar-refractivity contribution is 5.91. The molecule has 3 N–H and O–H groups in total. The van der Waals surface area contributed by atoms with Gasteiger partial charge in [-0.2, -0.15) is 0 Å². The zero-order valence-corrected chi connectivity index (χ0v) is 12.2. The summed E-state index contributed by atoms with van der Waals surface area (Å²) in [4.78, 5) is 11.7. The van der Waals surface area contributed by atoms with Crippen LogP contribution >= 0.6 is 0 Å². The van der Waals surface area contributed by atoms with Crippen LogP contribution in [-0.4, -0.2) is 12.5 Å². The van der Waals surface area contributed by atoms with Crippen molar-refractivity contribution in [1.29, 1.82) is 0 Å². The minimum atomic E-state index is -0.0838. The fourth-order valence-corrected chi connectivity index (χ4v) is 2.04. The largest absolute Gasteiger partial charge is 0.399 e. The zero-order valence-electron chi connectivity index (χ0n) is 12.2. The summed E-state index contributed by atoms with van der Waals surface area (Å²) in [5.74, 6) is -0.0838. The van der Waals surface area contributed by atoms with Crippen LogP contribution in [-0.2, 0) is 11.2 Å². The third kappa shape index (κ3) is 5.15. The first-order chi connectivity index (χ1) is 10.1. The van der Waals surface area contributed by atoms with E-state index in [-0.39, 0.29) is 5.91 Å². The van der Waals surface area contributed by atoms with E-state index in [1.165, 1.54) is 11.1 Å². The van der Waals surface area contributed by atoms with Gasteiger partial charge in [-0.1, -0.05) is 42.0 Å². The van der Waals surface area contributed by atoms with Crippen LogP contribution in [0.25, 0.3) is 6.08 Å². The number of hydrogen-bond donors (Lipinski definition) is 2. The summed E-state index contributed by atoms with van der Waals surface area (Å²) in [5, 5.41) is 2.88. The topological polar surface area (TPSA) is 55.1 Å². The van der Waals surface area contributed by atoms with Crippen LogP contribution in [0.4, 0.5) is 5.69 Å². The predicted octanol–water partition coefficient (Wildman–Crippen LogP) is 2.95. The highest BCUT2D eigenvalue weighted by Crippen LogP contribution is 2.07. The number of anilines is 1. The Balaban J connectivity index is 1.78. The first-order valence-corrected chi connectivity index (χ1v) is 7.00. The number of nitrogens with one attached hydrogen (secondary N) is 1. The Kier molecular flexibility index (Phi) is 5.16. The number of benzene rings is 2. The molecule has 0 radical (unpaired) electrons. The fourth-order valence-electron chi connectivity index (χ4n) is 2.04. The van der Waals surface area contributed by atoms with E-state index in [0.29, 0.717) is 6.54 Å². The second-order valence-corrected chi connectivity index (χ2v) is 5.03. The van der Waals surface area contributed by atoms with Gasteiger partial charge in [-0.25, -0.2) is 0 Å². The molecular formula is C18H20N2O. The third-order valence-corrected chi connectivity index (χ3v) is 3.16. The molecule has 2 aromatic rings. The van der Waals surface area contributed by atoms with Gasteiger partial charge in [0.05, 0.1) is 0 Å². The predicted molar refractivity (Wildman–Crippen MR) is 87.8 cm³/mol. The zero-order chi connectivity index (χ0) is 15.1. The molecule has 0 atom stereocenters. The Bertz CT molecular complexity index is 630. The highest BCUT2D eigenvalue weighted by atomic mass is 16.1. The van der Waals surface area contributed by atoms with Gasteiger partial charge in [-0.05, 0) is 42.7 Å². The first kappa shape index (κ1) is 14.9. The molecule has 2 aromatic carbocycles. The minimum Gasteiger partial charge on any atom is -0.399 e. The summed E-state index contributed by atoms with van der Waals surface area (Å²) in [6.07, 6.45) is 4.16. The molecular weight excluding hydrogens is 260 g/mol. The van der Waals surface area contributed by atoms with Gasteiger partial charge in [-0.15, -0.1) is 0 Å². The lowest BCUT2D eigenvalue weighted by Gasteiger charge is -2.03. The Morgan fingerprint density at radius 2 is 1.95 bits per heavy atom. The second-order valence-electron chi connectivity index (χ2n) is 5.03. The number of carbonyl (C=O) groups excluding carboxylic acids is 1. The number of rotatable bonds is 5. The van der Waals surface area contributed by atoms with Crippen molar-refractivity contribution in [2.45, 2.75) is 13.3 Å². The van der Waals surface area contributed by atoms with Crippen LogP contribution in [0.5, 0.6) is 0 Å². The Labute approximate surface area is 125 Å². The molecule has 0 bridgehead atoms. The summed E-state index contributed by atoms with van der Waals surface area (Å²) < 4.78 is 0. The van der Waals surface area contributed by atoms with Gasteiger partial charge in [0.1, 0.15) is 0 Å². The van der Waals surface area contributed by atoms with Crippen molar-refractivity contribution in [3.05, 3.63) is 71.3 Å². The first-order valence-electron chi connectivity index (χ1n) is 7.00. The number of nitrogens with two attached hydrogens (primary N) is 1. The molecule has 3 heteroatoms. The number of nitrogen functional groups attached to an aromatic ring is 1. The number of hydrogen-bond acceptors (Lipinski definition) is 2. The van der Waals surface area contributed by atoms with E-state index in [2.05, 4.69) is 30.4 Å². The van der Waals surface area contributed by atoms with Crippen molar-refractivity contribution >= 4 is 17.7 Å². The SMILES string of the molecule is Cc1cccc(CCNC(=O)/C=C/c2ccc(N)cc2)c1. The third-order valence-electron chi connectivity index (χ3n) is 3.16. The monoisotopic (exact) mass is 280 g/mol. The second kappa shape index (κ2) is 7.29. The van der Waals surface area contributed by atoms with Crippen LogP contribution in [0.3, 0.4) is 0 Å². The van der Waals surface area contributed by atoms with Crippen molar-refractivity contribution in [2.24, 2.45) is 0 Å². The van der Waals surface area contributed by atoms with Crippen molar-refractivity contribution in [2.75, 3.05) is 12.3 Å². The molecule has 0 saturated heterocycles. The molecule has 0 aliphatic heterocycles. The summed E-state index contributed by atoms with van der Waals surface area (Å²) in [7, 11) is 0. The number of amides is 1. The maximum atomic E-state index is 11.7. The number of carbonyl (C=O) groups is 1. The molecule has 1 amide bonds. The lowest BCUT2D eigenvalue weighted by atomic mass is 10.1. The normalized spacial score (nSPS) is 10.7. The van der Waals surface area contributed by atoms with E-state index in [9.17, 15) is 4.79 Å². The van der Waals surface area contributed by atoms with E-state index in [4.69, 9.17) is 5.73 Å². The molecule has 108 valence electrons. The average Bonchev–Trinajstić information content (AvgIpc) is 2.47. The van der Waals surface area contributed by atoms with Crippen LogP contribution in [0.1, 0.15) is 16.7 Å². The Hall–Kier alpha value is -2.55. The van der Waals surface area contributed by atoms with E-state index in [0.717, 1.165) is 17.7 Å². The summed E-state index contributed by atoms with van der Waals surface area (Å²) in [6.45, 7) is 2.70. The van der Waals surface area contributed by atoms with Gasteiger partial charge in [0.15, 0.2) is 0 Å². The molecule has 0 aliphatic rings. The quantitative estimate of drug-likeness (QED) is 0.653. The smallest absolute Gasteiger partial charge is 0.244 e. The van der Waals surface area contributed by atoms with Crippen LogP contribution in [0.15, 0.2) is 54.6 Å². The Morgan fingerprint density at radius 1 is 1.19 bits per heavy atom. The van der Waals surface area contributed by atoms with Crippen molar-refractivity contribution < 1.29 is 4.79 Å². The van der Waals surface area contributed by atoms with Gasteiger partial charge in [0.2, 0.25) is 5.91 Å². The molecule has 0 spiro atoms. The lowest BCUT2D eigenvalue weighted by molar-refractivity contribution is -0.116. The van der Waals surface area contributed by atoms with Gasteiger partial charge in [-0.3, -0.25) is 4.79 Å². The maximum Gasteiger partial charge on any atom is 0.244 e. The maximum absolute atomic E-state index is 11.7. The van der Waals surface area contributed by atoms with Gasteiger partial charge in [0.25, 0.3) is 0 Å². The van der Waals surface area contributed by atoms with Gasteiger partial charge in [0, 0.05) is 18.3 Å². The molecule has 0 heterocycles.